The minimum absolute atomic E-state index is 0.0827. The number of fused-ring (bicyclic) bond motifs is 1. The lowest BCUT2D eigenvalue weighted by molar-refractivity contribution is 0.671. The van der Waals surface area contributed by atoms with E-state index in [0.29, 0.717) is 0 Å². The quantitative estimate of drug-likeness (QED) is 0.782. The predicted molar refractivity (Wildman–Crippen MR) is 60.8 cm³/mol. The second-order valence-corrected chi connectivity index (χ2v) is 4.16. The summed E-state index contributed by atoms with van der Waals surface area (Å²) < 4.78 is 1.85. The highest BCUT2D eigenvalue weighted by Crippen LogP contribution is 2.20. The standard InChI is InChI=1S/C12H13N3O/c16-12-6-5-10(7-13-12)15-8-9-3-1-2-4-11(9)14-15/h5-8H,1-4H2,(H,13,16). The third kappa shape index (κ3) is 1.56. The van der Waals surface area contributed by atoms with E-state index in [1.807, 2.05) is 4.68 Å². The summed E-state index contributed by atoms with van der Waals surface area (Å²) in [6.45, 7) is 0. The minimum Gasteiger partial charge on any atom is -0.327 e. The first-order valence-corrected chi connectivity index (χ1v) is 5.59. The Morgan fingerprint density at radius 1 is 1.25 bits per heavy atom. The Kier molecular flexibility index (Phi) is 2.13. The molecule has 3 rings (SSSR count). The molecule has 1 N–H and O–H groups in total. The summed E-state index contributed by atoms with van der Waals surface area (Å²) in [7, 11) is 0. The fraction of sp³-hybridized carbons (Fsp3) is 0.333. The lowest BCUT2D eigenvalue weighted by atomic mass is 9.99. The summed E-state index contributed by atoms with van der Waals surface area (Å²) in [6.07, 6.45) is 8.45. The molecule has 1 aliphatic rings. The number of pyridine rings is 1. The van der Waals surface area contributed by atoms with Crippen LogP contribution in [-0.2, 0) is 12.8 Å². The molecule has 0 unspecified atom stereocenters. The predicted octanol–water partition coefficient (Wildman–Crippen LogP) is 1.44. The van der Waals surface area contributed by atoms with Gasteiger partial charge >= 0.3 is 0 Å². The van der Waals surface area contributed by atoms with Gasteiger partial charge in [0.2, 0.25) is 5.56 Å². The zero-order valence-corrected chi connectivity index (χ0v) is 8.94. The van der Waals surface area contributed by atoms with Crippen LogP contribution in [0.1, 0.15) is 24.1 Å². The third-order valence-electron chi connectivity index (χ3n) is 3.02. The Balaban J connectivity index is 2.03. The summed E-state index contributed by atoms with van der Waals surface area (Å²) in [5, 5.41) is 4.55. The highest BCUT2D eigenvalue weighted by molar-refractivity contribution is 5.30. The molecule has 0 fully saturated rings. The molecule has 0 radical (unpaired) electrons. The molecular weight excluding hydrogens is 202 g/mol. The molecule has 0 amide bonds. The van der Waals surface area contributed by atoms with Gasteiger partial charge in [0.05, 0.1) is 11.4 Å². The summed E-state index contributed by atoms with van der Waals surface area (Å²) in [5.74, 6) is 0. The van der Waals surface area contributed by atoms with Gasteiger partial charge in [0, 0.05) is 18.5 Å². The smallest absolute Gasteiger partial charge is 0.248 e. The van der Waals surface area contributed by atoms with E-state index in [1.54, 1.807) is 12.3 Å². The summed E-state index contributed by atoms with van der Waals surface area (Å²) in [5.41, 5.74) is 3.38. The van der Waals surface area contributed by atoms with Crippen LogP contribution in [-0.4, -0.2) is 14.8 Å². The van der Waals surface area contributed by atoms with Crippen molar-refractivity contribution in [3.8, 4) is 5.69 Å². The maximum absolute atomic E-state index is 11.0. The summed E-state index contributed by atoms with van der Waals surface area (Å²) >= 11 is 0. The van der Waals surface area contributed by atoms with Crippen molar-refractivity contribution in [2.45, 2.75) is 25.7 Å². The van der Waals surface area contributed by atoms with Crippen molar-refractivity contribution in [1.29, 1.82) is 0 Å². The number of aromatic amines is 1. The Bertz CT molecular complexity index is 524. The van der Waals surface area contributed by atoms with E-state index in [4.69, 9.17) is 0 Å². The van der Waals surface area contributed by atoms with E-state index in [2.05, 4.69) is 16.3 Å². The van der Waals surface area contributed by atoms with E-state index in [9.17, 15) is 4.79 Å². The number of H-pyrrole nitrogens is 1. The molecular formula is C12H13N3O. The molecule has 4 heteroatoms. The van der Waals surface area contributed by atoms with Crippen LogP contribution in [0.15, 0.2) is 29.3 Å². The molecule has 2 aromatic heterocycles. The van der Waals surface area contributed by atoms with Crippen LogP contribution in [0, 0.1) is 0 Å². The van der Waals surface area contributed by atoms with E-state index in [-0.39, 0.29) is 5.56 Å². The van der Waals surface area contributed by atoms with Crippen molar-refractivity contribution in [2.75, 3.05) is 0 Å². The van der Waals surface area contributed by atoms with Crippen molar-refractivity contribution in [3.63, 3.8) is 0 Å². The first kappa shape index (κ1) is 9.39. The van der Waals surface area contributed by atoms with Crippen LogP contribution < -0.4 is 5.56 Å². The molecule has 0 atom stereocenters. The van der Waals surface area contributed by atoms with Gasteiger partial charge in [0.25, 0.3) is 0 Å². The van der Waals surface area contributed by atoms with Crippen molar-refractivity contribution in [1.82, 2.24) is 14.8 Å². The van der Waals surface area contributed by atoms with Crippen LogP contribution in [0.2, 0.25) is 0 Å². The van der Waals surface area contributed by atoms with Crippen LogP contribution in [0.3, 0.4) is 0 Å². The molecule has 4 nitrogen and oxygen atoms in total. The second kappa shape index (κ2) is 3.63. The summed E-state index contributed by atoms with van der Waals surface area (Å²) in [4.78, 5) is 13.6. The molecule has 0 aliphatic heterocycles. The minimum atomic E-state index is -0.0827. The molecule has 2 aromatic rings. The zero-order valence-electron chi connectivity index (χ0n) is 8.94. The van der Waals surface area contributed by atoms with Gasteiger partial charge in [0.15, 0.2) is 0 Å². The molecule has 82 valence electrons. The Hall–Kier alpha value is -1.84. The van der Waals surface area contributed by atoms with Gasteiger partial charge in [-0.2, -0.15) is 5.10 Å². The molecule has 16 heavy (non-hydrogen) atoms. The first-order chi connectivity index (χ1) is 7.83. The Morgan fingerprint density at radius 2 is 2.12 bits per heavy atom. The lowest BCUT2D eigenvalue weighted by Gasteiger charge is -2.06. The number of nitrogens with one attached hydrogen (secondary N) is 1. The highest BCUT2D eigenvalue weighted by Gasteiger charge is 2.13. The monoisotopic (exact) mass is 215 g/mol. The Labute approximate surface area is 92.9 Å². The largest absolute Gasteiger partial charge is 0.327 e. The molecule has 0 spiro atoms. The molecule has 0 saturated heterocycles. The van der Waals surface area contributed by atoms with Crippen molar-refractivity contribution in [3.05, 3.63) is 46.1 Å². The number of hydrogen-bond acceptors (Lipinski definition) is 2. The number of rotatable bonds is 1. The Morgan fingerprint density at radius 3 is 2.88 bits per heavy atom. The van der Waals surface area contributed by atoms with E-state index in [1.165, 1.54) is 30.2 Å². The maximum atomic E-state index is 11.0. The highest BCUT2D eigenvalue weighted by atomic mass is 16.1. The topological polar surface area (TPSA) is 50.7 Å². The van der Waals surface area contributed by atoms with Gasteiger partial charge in [-0.15, -0.1) is 0 Å². The van der Waals surface area contributed by atoms with Crippen LogP contribution in [0.25, 0.3) is 5.69 Å². The lowest BCUT2D eigenvalue weighted by Crippen LogP contribution is -2.05. The van der Waals surface area contributed by atoms with Crippen LogP contribution in [0.4, 0.5) is 0 Å². The second-order valence-electron chi connectivity index (χ2n) is 4.16. The zero-order chi connectivity index (χ0) is 11.0. The van der Waals surface area contributed by atoms with Crippen LogP contribution >= 0.6 is 0 Å². The molecule has 0 saturated carbocycles. The van der Waals surface area contributed by atoms with E-state index in [0.717, 1.165) is 18.5 Å². The van der Waals surface area contributed by atoms with Crippen molar-refractivity contribution < 1.29 is 0 Å². The van der Waals surface area contributed by atoms with E-state index < -0.39 is 0 Å². The number of aryl methyl sites for hydroxylation is 2. The maximum Gasteiger partial charge on any atom is 0.248 e. The SMILES string of the molecule is O=c1ccc(-n2cc3c(n2)CCCC3)c[nH]1. The normalized spacial score (nSPS) is 14.8. The number of nitrogens with zero attached hydrogens (tertiary/aromatic N) is 2. The van der Waals surface area contributed by atoms with Gasteiger partial charge in [0.1, 0.15) is 0 Å². The average molecular weight is 215 g/mol. The molecule has 2 heterocycles. The fourth-order valence-corrected chi connectivity index (χ4v) is 2.15. The third-order valence-corrected chi connectivity index (χ3v) is 3.02. The van der Waals surface area contributed by atoms with Gasteiger partial charge < -0.3 is 4.98 Å². The van der Waals surface area contributed by atoms with Crippen molar-refractivity contribution >= 4 is 0 Å². The van der Waals surface area contributed by atoms with E-state index >= 15 is 0 Å². The fourth-order valence-electron chi connectivity index (χ4n) is 2.15. The van der Waals surface area contributed by atoms with Crippen molar-refractivity contribution in [2.24, 2.45) is 0 Å². The number of aromatic nitrogens is 3. The molecule has 1 aliphatic carbocycles. The summed E-state index contributed by atoms with van der Waals surface area (Å²) in [6, 6.07) is 3.31. The average Bonchev–Trinajstić information content (AvgIpc) is 2.73. The van der Waals surface area contributed by atoms with Gasteiger partial charge in [-0.05, 0) is 37.3 Å². The van der Waals surface area contributed by atoms with Gasteiger partial charge in [-0.3, -0.25) is 4.79 Å². The molecule has 0 aromatic carbocycles. The van der Waals surface area contributed by atoms with Crippen LogP contribution in [0.5, 0.6) is 0 Å². The first-order valence-electron chi connectivity index (χ1n) is 5.59. The number of hydrogen-bond donors (Lipinski definition) is 1. The van der Waals surface area contributed by atoms with Gasteiger partial charge in [-0.25, -0.2) is 4.68 Å². The van der Waals surface area contributed by atoms with Gasteiger partial charge in [-0.1, -0.05) is 0 Å². The molecule has 0 bridgehead atoms.